The number of sulfonamides is 1. The average Bonchev–Trinajstić information content (AvgIpc) is 2.36. The number of ether oxygens (including phenoxy) is 1. The number of nitrogens with two attached hydrogens (primary N) is 1. The first-order valence-electron chi connectivity index (χ1n) is 5.94. The Morgan fingerprint density at radius 2 is 2.16 bits per heavy atom. The van der Waals surface area contributed by atoms with E-state index in [1.165, 1.54) is 0 Å². The number of hydrogen-bond donors (Lipinski definition) is 2. The number of para-hydroxylation sites is 1. The Morgan fingerprint density at radius 3 is 2.89 bits per heavy atom. The van der Waals surface area contributed by atoms with Gasteiger partial charge in [-0.1, -0.05) is 18.2 Å². The van der Waals surface area contributed by atoms with Gasteiger partial charge < -0.3 is 10.1 Å². The molecule has 104 valence electrons. The predicted molar refractivity (Wildman–Crippen MR) is 70.1 cm³/mol. The molecule has 2 rings (SSSR count). The molecule has 0 radical (unpaired) electrons. The quantitative estimate of drug-likeness (QED) is 0.789. The van der Waals surface area contributed by atoms with Crippen molar-refractivity contribution in [3.05, 3.63) is 29.8 Å². The standard InChI is InChI=1S/C12H16N2O4S/c13-19(16,17)6-5-14-12(15)10-7-9-3-1-2-4-11(9)18-8-10/h1-4,10H,5-8H2,(H,14,15)(H2,13,16,17). The molecule has 7 heteroatoms. The first-order chi connectivity index (χ1) is 8.96. The smallest absolute Gasteiger partial charge is 0.226 e. The van der Waals surface area contributed by atoms with E-state index in [4.69, 9.17) is 9.88 Å². The van der Waals surface area contributed by atoms with Crippen molar-refractivity contribution in [1.82, 2.24) is 5.32 Å². The number of hydrogen-bond acceptors (Lipinski definition) is 4. The molecule has 19 heavy (non-hydrogen) atoms. The van der Waals surface area contributed by atoms with Crippen LogP contribution >= 0.6 is 0 Å². The zero-order valence-corrected chi connectivity index (χ0v) is 11.2. The van der Waals surface area contributed by atoms with E-state index in [1.807, 2.05) is 24.3 Å². The molecule has 0 saturated carbocycles. The molecule has 1 aliphatic rings. The molecule has 0 fully saturated rings. The lowest BCUT2D eigenvalue weighted by Crippen LogP contribution is -2.39. The summed E-state index contributed by atoms with van der Waals surface area (Å²) in [7, 11) is -3.55. The van der Waals surface area contributed by atoms with Gasteiger partial charge in [-0.15, -0.1) is 0 Å². The lowest BCUT2D eigenvalue weighted by molar-refractivity contribution is -0.126. The maximum Gasteiger partial charge on any atom is 0.226 e. The highest BCUT2D eigenvalue weighted by Gasteiger charge is 2.25. The van der Waals surface area contributed by atoms with Crippen molar-refractivity contribution >= 4 is 15.9 Å². The Labute approximate surface area is 112 Å². The Kier molecular flexibility index (Phi) is 4.06. The van der Waals surface area contributed by atoms with Crippen molar-refractivity contribution in [3.8, 4) is 5.75 Å². The molecule has 6 nitrogen and oxygen atoms in total. The maximum absolute atomic E-state index is 11.9. The summed E-state index contributed by atoms with van der Waals surface area (Å²) >= 11 is 0. The maximum atomic E-state index is 11.9. The van der Waals surface area contributed by atoms with Crippen LogP contribution in [0.3, 0.4) is 0 Å². The Balaban J connectivity index is 1.89. The molecule has 0 aliphatic carbocycles. The fourth-order valence-corrected chi connectivity index (χ4v) is 2.34. The van der Waals surface area contributed by atoms with Crippen molar-refractivity contribution in [2.45, 2.75) is 6.42 Å². The summed E-state index contributed by atoms with van der Waals surface area (Å²) in [4.78, 5) is 11.9. The number of nitrogens with one attached hydrogen (secondary N) is 1. The first-order valence-corrected chi connectivity index (χ1v) is 7.66. The van der Waals surface area contributed by atoms with Gasteiger partial charge in [0.05, 0.1) is 11.7 Å². The molecule has 3 N–H and O–H groups in total. The van der Waals surface area contributed by atoms with E-state index < -0.39 is 10.0 Å². The van der Waals surface area contributed by atoms with Gasteiger partial charge in [-0.2, -0.15) is 0 Å². The molecule has 0 saturated heterocycles. The number of carbonyl (C=O) groups is 1. The molecule has 0 aromatic heterocycles. The third-order valence-corrected chi connectivity index (χ3v) is 3.71. The number of fused-ring (bicyclic) bond motifs is 1. The number of rotatable bonds is 4. The van der Waals surface area contributed by atoms with Crippen LogP contribution in [0.1, 0.15) is 5.56 Å². The van der Waals surface area contributed by atoms with Crippen molar-refractivity contribution in [1.29, 1.82) is 0 Å². The van der Waals surface area contributed by atoms with Crippen LogP contribution in [-0.4, -0.2) is 33.2 Å². The highest BCUT2D eigenvalue weighted by molar-refractivity contribution is 7.89. The Hall–Kier alpha value is -1.60. The number of carbonyl (C=O) groups excluding carboxylic acids is 1. The second-order valence-electron chi connectivity index (χ2n) is 4.48. The summed E-state index contributed by atoms with van der Waals surface area (Å²) in [6.45, 7) is 0.327. The molecule has 1 aromatic rings. The van der Waals surface area contributed by atoms with Gasteiger partial charge in [0.1, 0.15) is 12.4 Å². The zero-order valence-electron chi connectivity index (χ0n) is 10.3. The molecule has 0 bridgehead atoms. The summed E-state index contributed by atoms with van der Waals surface area (Å²) < 4.78 is 27.0. The van der Waals surface area contributed by atoms with Crippen LogP contribution in [0.15, 0.2) is 24.3 Å². The van der Waals surface area contributed by atoms with Crippen LogP contribution in [-0.2, 0) is 21.2 Å². The number of amides is 1. The van der Waals surface area contributed by atoms with Gasteiger partial charge in [0.15, 0.2) is 0 Å². The highest BCUT2D eigenvalue weighted by Crippen LogP contribution is 2.26. The summed E-state index contributed by atoms with van der Waals surface area (Å²) in [5.74, 6) is 0.0349. The average molecular weight is 284 g/mol. The van der Waals surface area contributed by atoms with E-state index in [0.29, 0.717) is 13.0 Å². The largest absolute Gasteiger partial charge is 0.492 e. The van der Waals surface area contributed by atoms with E-state index in [9.17, 15) is 13.2 Å². The minimum Gasteiger partial charge on any atom is -0.492 e. The van der Waals surface area contributed by atoms with Gasteiger partial charge in [0, 0.05) is 6.54 Å². The van der Waals surface area contributed by atoms with Crippen LogP contribution in [0.5, 0.6) is 5.75 Å². The van der Waals surface area contributed by atoms with Crippen LogP contribution < -0.4 is 15.2 Å². The van der Waals surface area contributed by atoms with Crippen LogP contribution in [0.4, 0.5) is 0 Å². The number of primary sulfonamides is 1. The lowest BCUT2D eigenvalue weighted by Gasteiger charge is -2.24. The minimum atomic E-state index is -3.55. The fraction of sp³-hybridized carbons (Fsp3) is 0.417. The van der Waals surface area contributed by atoms with E-state index in [2.05, 4.69) is 5.32 Å². The molecular weight excluding hydrogens is 268 g/mol. The molecule has 1 aliphatic heterocycles. The van der Waals surface area contributed by atoms with Gasteiger partial charge in [-0.3, -0.25) is 4.79 Å². The second-order valence-corrected chi connectivity index (χ2v) is 6.21. The second kappa shape index (κ2) is 5.58. The molecule has 1 heterocycles. The topological polar surface area (TPSA) is 98.5 Å². The summed E-state index contributed by atoms with van der Waals surface area (Å²) in [6.07, 6.45) is 0.595. The van der Waals surface area contributed by atoms with Gasteiger partial charge in [-0.25, -0.2) is 13.6 Å². The molecule has 1 aromatic carbocycles. The summed E-state index contributed by atoms with van der Waals surface area (Å²) in [6, 6.07) is 7.55. The van der Waals surface area contributed by atoms with Crippen molar-refractivity contribution < 1.29 is 17.9 Å². The van der Waals surface area contributed by atoms with E-state index in [-0.39, 0.29) is 24.1 Å². The third kappa shape index (κ3) is 3.93. The molecule has 1 unspecified atom stereocenters. The monoisotopic (exact) mass is 284 g/mol. The molecular formula is C12H16N2O4S. The number of benzene rings is 1. The third-order valence-electron chi connectivity index (χ3n) is 2.94. The van der Waals surface area contributed by atoms with Crippen LogP contribution in [0.2, 0.25) is 0 Å². The Bertz CT molecular complexity index is 571. The molecule has 1 atom stereocenters. The summed E-state index contributed by atoms with van der Waals surface area (Å²) in [5, 5.41) is 7.42. The van der Waals surface area contributed by atoms with Crippen LogP contribution in [0.25, 0.3) is 0 Å². The molecule has 0 spiro atoms. The van der Waals surface area contributed by atoms with Gasteiger partial charge in [-0.05, 0) is 18.1 Å². The fourth-order valence-electron chi connectivity index (χ4n) is 1.96. The lowest BCUT2D eigenvalue weighted by atomic mass is 9.96. The Morgan fingerprint density at radius 1 is 1.42 bits per heavy atom. The van der Waals surface area contributed by atoms with Crippen LogP contribution in [0, 0.1) is 5.92 Å². The van der Waals surface area contributed by atoms with Gasteiger partial charge in [0.25, 0.3) is 0 Å². The predicted octanol–water partition coefficient (Wildman–Crippen LogP) is -0.358. The van der Waals surface area contributed by atoms with E-state index >= 15 is 0 Å². The zero-order chi connectivity index (χ0) is 13.9. The van der Waals surface area contributed by atoms with Crippen molar-refractivity contribution in [2.24, 2.45) is 11.1 Å². The van der Waals surface area contributed by atoms with Gasteiger partial charge >= 0.3 is 0 Å². The normalized spacial score (nSPS) is 18.3. The summed E-state index contributed by atoms with van der Waals surface area (Å²) in [5.41, 5.74) is 0.986. The SMILES string of the molecule is NS(=O)(=O)CCNC(=O)C1COc2ccccc2C1. The molecule has 1 amide bonds. The first kappa shape index (κ1) is 13.8. The van der Waals surface area contributed by atoms with E-state index in [0.717, 1.165) is 11.3 Å². The van der Waals surface area contributed by atoms with Gasteiger partial charge in [0.2, 0.25) is 15.9 Å². The minimum absolute atomic E-state index is 0.0236. The van der Waals surface area contributed by atoms with Crippen molar-refractivity contribution in [3.63, 3.8) is 0 Å². The van der Waals surface area contributed by atoms with E-state index in [1.54, 1.807) is 0 Å². The highest BCUT2D eigenvalue weighted by atomic mass is 32.2. The van der Waals surface area contributed by atoms with Crippen molar-refractivity contribution in [2.75, 3.05) is 18.9 Å².